The summed E-state index contributed by atoms with van der Waals surface area (Å²) in [6, 6.07) is 0.424. The van der Waals surface area contributed by atoms with Gasteiger partial charge in [0.25, 0.3) is 11.7 Å². The van der Waals surface area contributed by atoms with Gasteiger partial charge >= 0.3 is 0 Å². The Morgan fingerprint density at radius 3 is 3.04 bits per heavy atom. The summed E-state index contributed by atoms with van der Waals surface area (Å²) in [7, 11) is 0. The van der Waals surface area contributed by atoms with Crippen LogP contribution in [-0.4, -0.2) is 49.6 Å². The number of carbonyl (C=O) groups excluding carboxylic acids is 1. The number of rotatable bonds is 7. The second-order valence-electron chi connectivity index (χ2n) is 6.55. The number of imidazole rings is 1. The lowest BCUT2D eigenvalue weighted by Crippen LogP contribution is -2.27. The molecule has 0 radical (unpaired) electrons. The first-order valence-electron chi connectivity index (χ1n) is 8.64. The van der Waals surface area contributed by atoms with E-state index in [0.29, 0.717) is 11.9 Å². The Labute approximate surface area is 140 Å². The SMILES string of the molecule is O=C(NC1CC1)c1noc([C@H]2CCCN2CCCn2ccnc2)n1. The van der Waals surface area contributed by atoms with Crippen LogP contribution in [0.25, 0.3) is 0 Å². The molecule has 1 aliphatic heterocycles. The number of hydrogen-bond donors (Lipinski definition) is 1. The van der Waals surface area contributed by atoms with E-state index >= 15 is 0 Å². The maximum atomic E-state index is 12.0. The number of carbonyl (C=O) groups is 1. The van der Waals surface area contributed by atoms with Crippen LogP contribution in [0.4, 0.5) is 0 Å². The van der Waals surface area contributed by atoms with E-state index in [1.807, 2.05) is 12.5 Å². The molecule has 1 saturated heterocycles. The molecule has 0 bridgehead atoms. The first kappa shape index (κ1) is 15.3. The zero-order valence-corrected chi connectivity index (χ0v) is 13.6. The van der Waals surface area contributed by atoms with Crippen LogP contribution in [0.5, 0.6) is 0 Å². The summed E-state index contributed by atoms with van der Waals surface area (Å²) in [6.45, 7) is 2.94. The van der Waals surface area contributed by atoms with E-state index in [1.165, 1.54) is 0 Å². The van der Waals surface area contributed by atoms with E-state index in [4.69, 9.17) is 4.52 Å². The van der Waals surface area contributed by atoms with E-state index in [2.05, 4.69) is 29.9 Å². The molecule has 2 aromatic heterocycles. The molecular weight excluding hydrogens is 308 g/mol. The van der Waals surface area contributed by atoms with E-state index < -0.39 is 0 Å². The Morgan fingerprint density at radius 1 is 1.33 bits per heavy atom. The van der Waals surface area contributed by atoms with Gasteiger partial charge in [0.2, 0.25) is 5.89 Å². The Morgan fingerprint density at radius 2 is 2.25 bits per heavy atom. The van der Waals surface area contributed by atoms with Crippen LogP contribution >= 0.6 is 0 Å². The quantitative estimate of drug-likeness (QED) is 0.825. The molecule has 4 rings (SSSR count). The van der Waals surface area contributed by atoms with Crippen molar-refractivity contribution in [1.29, 1.82) is 0 Å². The highest BCUT2D eigenvalue weighted by molar-refractivity contribution is 5.90. The fourth-order valence-corrected chi connectivity index (χ4v) is 3.19. The van der Waals surface area contributed by atoms with Crippen molar-refractivity contribution in [3.05, 3.63) is 30.4 Å². The van der Waals surface area contributed by atoms with Crippen LogP contribution in [0.1, 0.15) is 54.7 Å². The number of aryl methyl sites for hydroxylation is 1. The first-order valence-corrected chi connectivity index (χ1v) is 8.64. The van der Waals surface area contributed by atoms with Crippen molar-refractivity contribution in [2.75, 3.05) is 13.1 Å². The van der Waals surface area contributed by atoms with Gasteiger partial charge in [-0.2, -0.15) is 4.98 Å². The van der Waals surface area contributed by atoms with E-state index in [-0.39, 0.29) is 17.8 Å². The third kappa shape index (κ3) is 3.48. The van der Waals surface area contributed by atoms with Crippen molar-refractivity contribution in [2.24, 2.45) is 0 Å². The minimum atomic E-state index is -0.225. The van der Waals surface area contributed by atoms with Crippen molar-refractivity contribution in [3.63, 3.8) is 0 Å². The van der Waals surface area contributed by atoms with Crippen molar-refractivity contribution >= 4 is 5.91 Å². The van der Waals surface area contributed by atoms with E-state index in [1.54, 1.807) is 6.20 Å². The lowest BCUT2D eigenvalue weighted by atomic mass is 10.2. The summed E-state index contributed by atoms with van der Waals surface area (Å²) in [4.78, 5) is 22.7. The second-order valence-corrected chi connectivity index (χ2v) is 6.55. The molecule has 1 N–H and O–H groups in total. The summed E-state index contributed by atoms with van der Waals surface area (Å²) in [5.74, 6) is 0.496. The molecular formula is C16H22N6O2. The van der Waals surface area contributed by atoms with Gasteiger partial charge in [-0.15, -0.1) is 0 Å². The molecule has 3 heterocycles. The molecule has 0 aromatic carbocycles. The summed E-state index contributed by atoms with van der Waals surface area (Å²) < 4.78 is 7.46. The minimum absolute atomic E-state index is 0.128. The zero-order chi connectivity index (χ0) is 16.4. The highest BCUT2D eigenvalue weighted by Crippen LogP contribution is 2.31. The number of amides is 1. The van der Waals surface area contributed by atoms with Crippen LogP contribution in [0.3, 0.4) is 0 Å². The van der Waals surface area contributed by atoms with Gasteiger partial charge in [-0.3, -0.25) is 9.69 Å². The van der Waals surface area contributed by atoms with Gasteiger partial charge in [0, 0.05) is 31.5 Å². The fraction of sp³-hybridized carbons (Fsp3) is 0.625. The largest absolute Gasteiger partial charge is 0.346 e. The molecule has 1 atom stereocenters. The van der Waals surface area contributed by atoms with Gasteiger partial charge in [0.1, 0.15) is 0 Å². The highest BCUT2D eigenvalue weighted by Gasteiger charge is 2.32. The average molecular weight is 330 g/mol. The van der Waals surface area contributed by atoms with E-state index in [9.17, 15) is 4.79 Å². The first-order chi connectivity index (χ1) is 11.8. The Bertz CT molecular complexity index is 679. The summed E-state index contributed by atoms with van der Waals surface area (Å²) in [5, 5.41) is 6.75. The van der Waals surface area contributed by atoms with Gasteiger partial charge in [-0.25, -0.2) is 4.98 Å². The average Bonchev–Trinajstić information content (AvgIpc) is 3.05. The standard InChI is InChI=1S/C16H22N6O2/c23-15(18-12-4-5-12)14-19-16(24-20-14)13-3-1-8-22(13)9-2-7-21-10-6-17-11-21/h6,10-13H,1-5,7-9H2,(H,18,23)/t13-/m1/s1. The van der Waals surface area contributed by atoms with Crippen molar-refractivity contribution < 1.29 is 9.32 Å². The van der Waals surface area contributed by atoms with Gasteiger partial charge < -0.3 is 14.4 Å². The molecule has 2 aromatic rings. The Balaban J connectivity index is 1.33. The molecule has 1 aliphatic carbocycles. The van der Waals surface area contributed by atoms with Gasteiger partial charge in [-0.1, -0.05) is 5.16 Å². The maximum absolute atomic E-state index is 12.0. The van der Waals surface area contributed by atoms with Crippen LogP contribution < -0.4 is 5.32 Å². The lowest BCUT2D eigenvalue weighted by Gasteiger charge is -2.21. The van der Waals surface area contributed by atoms with Gasteiger partial charge in [-0.05, 0) is 38.6 Å². The molecule has 0 spiro atoms. The fourth-order valence-electron chi connectivity index (χ4n) is 3.19. The predicted octanol–water partition coefficient (Wildman–Crippen LogP) is 1.39. The topological polar surface area (TPSA) is 89.1 Å². The number of hydrogen-bond acceptors (Lipinski definition) is 6. The molecule has 24 heavy (non-hydrogen) atoms. The molecule has 2 aliphatic rings. The highest BCUT2D eigenvalue weighted by atomic mass is 16.5. The number of nitrogens with one attached hydrogen (secondary N) is 1. The number of aromatic nitrogens is 4. The Hall–Kier alpha value is -2.22. The van der Waals surface area contributed by atoms with Gasteiger partial charge in [0.05, 0.1) is 12.4 Å². The third-order valence-electron chi connectivity index (χ3n) is 4.63. The monoisotopic (exact) mass is 330 g/mol. The van der Waals surface area contributed by atoms with Crippen LogP contribution in [0, 0.1) is 0 Å². The molecule has 8 nitrogen and oxygen atoms in total. The van der Waals surface area contributed by atoms with Crippen LogP contribution in [0.15, 0.2) is 23.2 Å². The number of likely N-dealkylation sites (tertiary alicyclic amines) is 1. The molecule has 0 unspecified atom stereocenters. The second kappa shape index (κ2) is 6.72. The van der Waals surface area contributed by atoms with Gasteiger partial charge in [0.15, 0.2) is 0 Å². The maximum Gasteiger partial charge on any atom is 0.292 e. The smallest absolute Gasteiger partial charge is 0.292 e. The van der Waals surface area contributed by atoms with Crippen molar-refractivity contribution in [1.82, 2.24) is 29.9 Å². The molecule has 1 saturated carbocycles. The molecule has 1 amide bonds. The summed E-state index contributed by atoms with van der Waals surface area (Å²) in [5.41, 5.74) is 0. The van der Waals surface area contributed by atoms with Crippen LogP contribution in [0.2, 0.25) is 0 Å². The number of nitrogens with zero attached hydrogens (tertiary/aromatic N) is 5. The summed E-state index contributed by atoms with van der Waals surface area (Å²) >= 11 is 0. The molecule has 2 fully saturated rings. The van der Waals surface area contributed by atoms with Crippen LogP contribution in [-0.2, 0) is 6.54 Å². The lowest BCUT2D eigenvalue weighted by molar-refractivity contribution is 0.0937. The normalized spacial score (nSPS) is 21.2. The van der Waals surface area contributed by atoms with Crippen molar-refractivity contribution in [3.8, 4) is 0 Å². The zero-order valence-electron chi connectivity index (χ0n) is 13.6. The molecule has 128 valence electrons. The summed E-state index contributed by atoms with van der Waals surface area (Å²) in [6.07, 6.45) is 10.8. The third-order valence-corrected chi connectivity index (χ3v) is 4.63. The minimum Gasteiger partial charge on any atom is -0.346 e. The molecule has 8 heteroatoms. The predicted molar refractivity (Wildman–Crippen MR) is 85.2 cm³/mol. The van der Waals surface area contributed by atoms with E-state index in [0.717, 1.165) is 51.7 Å². The van der Waals surface area contributed by atoms with Crippen molar-refractivity contribution in [2.45, 2.75) is 50.7 Å². The Kier molecular flexibility index (Phi) is 4.29.